The fraction of sp³-hybridized carbons (Fsp3) is 0.520. The standard InChI is InChI=1S/C25H35N9O/c1-24(2)14-34(18-7-6-9-28-21(18)24)23-30-15-29-22(31-23)25(27)12-17(26)19(11-20(25)35-5)33-10-8-16(13-33)32(3)4/h6-7,9,11,15-16H,8,10,12-14,26-27H2,1-5H3. The zero-order valence-corrected chi connectivity index (χ0v) is 21.2. The molecule has 0 spiro atoms. The Balaban J connectivity index is 1.47. The van der Waals surface area contributed by atoms with Gasteiger partial charge in [0.1, 0.15) is 17.6 Å². The summed E-state index contributed by atoms with van der Waals surface area (Å²) in [6.07, 6.45) is 6.74. The Hall–Kier alpha value is -3.24. The van der Waals surface area contributed by atoms with Gasteiger partial charge in [0, 0.05) is 55.5 Å². The molecule has 2 aromatic heterocycles. The van der Waals surface area contributed by atoms with E-state index in [-0.39, 0.29) is 5.41 Å². The summed E-state index contributed by atoms with van der Waals surface area (Å²) >= 11 is 0. The SMILES string of the molecule is COC1=CC(N2CCC(N(C)C)C2)=C(N)CC1(N)c1ncnc(N2CC(C)(C)c3ncccc32)n1. The van der Waals surface area contributed by atoms with Crippen LogP contribution in [0.2, 0.25) is 0 Å². The third-order valence-corrected chi connectivity index (χ3v) is 7.43. The number of allylic oxidation sites excluding steroid dienone is 1. The van der Waals surface area contributed by atoms with E-state index in [1.165, 1.54) is 6.33 Å². The molecule has 0 amide bonds. The van der Waals surface area contributed by atoms with Crippen molar-refractivity contribution in [1.82, 2.24) is 29.7 Å². The van der Waals surface area contributed by atoms with Crippen molar-refractivity contribution in [3.05, 3.63) is 59.4 Å². The van der Waals surface area contributed by atoms with Crippen LogP contribution in [0.15, 0.2) is 47.9 Å². The van der Waals surface area contributed by atoms with Crippen molar-refractivity contribution in [3.8, 4) is 0 Å². The largest absolute Gasteiger partial charge is 0.499 e. The molecule has 0 aromatic carbocycles. The van der Waals surface area contributed by atoms with Gasteiger partial charge in [-0.05, 0) is 32.6 Å². The number of hydrogen-bond acceptors (Lipinski definition) is 10. The van der Waals surface area contributed by atoms with Crippen LogP contribution in [0.5, 0.6) is 0 Å². The number of fused-ring (bicyclic) bond motifs is 1. The maximum Gasteiger partial charge on any atom is 0.233 e. The van der Waals surface area contributed by atoms with Crippen LogP contribution in [-0.4, -0.2) is 76.6 Å². The lowest BCUT2D eigenvalue weighted by Gasteiger charge is -2.36. The molecule has 10 heteroatoms. The van der Waals surface area contributed by atoms with E-state index < -0.39 is 5.54 Å². The molecule has 4 heterocycles. The van der Waals surface area contributed by atoms with E-state index >= 15 is 0 Å². The second kappa shape index (κ2) is 8.46. The van der Waals surface area contributed by atoms with Gasteiger partial charge in [-0.3, -0.25) is 4.98 Å². The number of likely N-dealkylation sites (N-methyl/N-ethyl adjacent to an activating group) is 1. The van der Waals surface area contributed by atoms with Crippen LogP contribution >= 0.6 is 0 Å². The highest BCUT2D eigenvalue weighted by Crippen LogP contribution is 2.43. The number of likely N-dealkylation sites (tertiary alicyclic amines) is 1. The normalized spacial score (nSPS) is 25.8. The van der Waals surface area contributed by atoms with E-state index in [1.54, 1.807) is 7.11 Å². The fourth-order valence-corrected chi connectivity index (χ4v) is 5.43. The van der Waals surface area contributed by atoms with Crippen molar-refractivity contribution in [3.63, 3.8) is 0 Å². The summed E-state index contributed by atoms with van der Waals surface area (Å²) in [5, 5.41) is 0. The number of ether oxygens (including phenoxy) is 1. The highest BCUT2D eigenvalue weighted by atomic mass is 16.5. The Morgan fingerprint density at radius 3 is 2.71 bits per heavy atom. The molecule has 2 aliphatic heterocycles. The maximum absolute atomic E-state index is 6.96. The van der Waals surface area contributed by atoms with Crippen molar-refractivity contribution in [1.29, 1.82) is 0 Å². The zero-order chi connectivity index (χ0) is 25.0. The Kier molecular flexibility index (Phi) is 5.68. The maximum atomic E-state index is 6.96. The van der Waals surface area contributed by atoms with Crippen molar-refractivity contribution < 1.29 is 4.74 Å². The van der Waals surface area contributed by atoms with Gasteiger partial charge in [-0.2, -0.15) is 4.98 Å². The molecule has 1 saturated heterocycles. The molecule has 10 nitrogen and oxygen atoms in total. The minimum absolute atomic E-state index is 0.131. The van der Waals surface area contributed by atoms with E-state index in [9.17, 15) is 0 Å². The molecule has 4 N–H and O–H groups in total. The van der Waals surface area contributed by atoms with Crippen molar-refractivity contribution in [2.24, 2.45) is 11.5 Å². The molecule has 0 saturated carbocycles. The molecule has 1 aliphatic carbocycles. The summed E-state index contributed by atoms with van der Waals surface area (Å²) in [6, 6.07) is 4.47. The minimum atomic E-state index is -1.09. The summed E-state index contributed by atoms with van der Waals surface area (Å²) in [7, 11) is 5.86. The Bertz CT molecular complexity index is 1190. The number of methoxy groups -OCH3 is 1. The van der Waals surface area contributed by atoms with Crippen molar-refractivity contribution in [2.75, 3.05) is 45.7 Å². The van der Waals surface area contributed by atoms with E-state index in [4.69, 9.17) is 21.2 Å². The number of nitrogens with two attached hydrogens (primary N) is 2. The average molecular weight is 478 g/mol. The van der Waals surface area contributed by atoms with Gasteiger partial charge < -0.3 is 30.9 Å². The smallest absolute Gasteiger partial charge is 0.233 e. The Labute approximate surface area is 206 Å². The number of pyridine rings is 1. The Morgan fingerprint density at radius 1 is 1.20 bits per heavy atom. The third-order valence-electron chi connectivity index (χ3n) is 7.43. The zero-order valence-electron chi connectivity index (χ0n) is 21.2. The fourth-order valence-electron chi connectivity index (χ4n) is 5.43. The first-order valence-corrected chi connectivity index (χ1v) is 12.0. The first-order chi connectivity index (χ1) is 16.6. The second-order valence-corrected chi connectivity index (χ2v) is 10.6. The van der Waals surface area contributed by atoms with Crippen LogP contribution < -0.4 is 16.4 Å². The van der Waals surface area contributed by atoms with Crippen LogP contribution in [0, 0.1) is 0 Å². The summed E-state index contributed by atoms with van der Waals surface area (Å²) in [5.74, 6) is 1.56. The van der Waals surface area contributed by atoms with Crippen LogP contribution in [0.25, 0.3) is 0 Å². The number of nitrogens with zero attached hydrogens (tertiary/aromatic N) is 7. The predicted octanol–water partition coefficient (Wildman–Crippen LogP) is 1.59. The first-order valence-electron chi connectivity index (χ1n) is 12.0. The van der Waals surface area contributed by atoms with Gasteiger partial charge in [0.25, 0.3) is 0 Å². The average Bonchev–Trinajstić information content (AvgIpc) is 3.43. The van der Waals surface area contributed by atoms with Gasteiger partial charge in [0.2, 0.25) is 5.95 Å². The molecule has 3 aliphatic rings. The highest BCUT2D eigenvalue weighted by molar-refractivity contribution is 5.66. The molecule has 186 valence electrons. The monoisotopic (exact) mass is 477 g/mol. The second-order valence-electron chi connectivity index (χ2n) is 10.6. The molecule has 2 aromatic rings. The molecule has 0 radical (unpaired) electrons. The summed E-state index contributed by atoms with van der Waals surface area (Å²) in [4.78, 5) is 25.1. The summed E-state index contributed by atoms with van der Waals surface area (Å²) in [6.45, 7) is 6.91. The lowest BCUT2D eigenvalue weighted by molar-refractivity contribution is 0.205. The van der Waals surface area contributed by atoms with E-state index in [0.717, 1.165) is 36.6 Å². The van der Waals surface area contributed by atoms with E-state index in [2.05, 4.69) is 57.6 Å². The number of rotatable bonds is 5. The molecular formula is C25H35N9O. The van der Waals surface area contributed by atoms with Crippen LogP contribution in [0.4, 0.5) is 11.6 Å². The summed E-state index contributed by atoms with van der Waals surface area (Å²) in [5.41, 5.74) is 16.1. The third kappa shape index (κ3) is 3.90. The van der Waals surface area contributed by atoms with Gasteiger partial charge >= 0.3 is 0 Å². The van der Waals surface area contributed by atoms with Gasteiger partial charge in [0.05, 0.1) is 24.2 Å². The molecule has 5 rings (SSSR count). The molecule has 0 bridgehead atoms. The molecule has 2 atom stereocenters. The van der Waals surface area contributed by atoms with Crippen molar-refractivity contribution >= 4 is 11.6 Å². The minimum Gasteiger partial charge on any atom is -0.499 e. The first kappa shape index (κ1) is 23.5. The molecule has 35 heavy (non-hydrogen) atoms. The Morgan fingerprint density at radius 2 is 2.00 bits per heavy atom. The van der Waals surface area contributed by atoms with Gasteiger partial charge in [-0.15, -0.1) is 0 Å². The molecular weight excluding hydrogens is 442 g/mol. The van der Waals surface area contributed by atoms with Crippen LogP contribution in [0.1, 0.15) is 38.2 Å². The number of aromatic nitrogens is 4. The van der Waals surface area contributed by atoms with E-state index in [1.807, 2.05) is 24.4 Å². The van der Waals surface area contributed by atoms with Gasteiger partial charge in [-0.25, -0.2) is 9.97 Å². The summed E-state index contributed by atoms with van der Waals surface area (Å²) < 4.78 is 5.81. The van der Waals surface area contributed by atoms with E-state index in [0.29, 0.717) is 42.2 Å². The van der Waals surface area contributed by atoms with Crippen molar-refractivity contribution in [2.45, 2.75) is 43.7 Å². The number of anilines is 2. The topological polar surface area (TPSA) is 123 Å². The molecule has 1 fully saturated rings. The predicted molar refractivity (Wildman–Crippen MR) is 135 cm³/mol. The number of hydrogen-bond donors (Lipinski definition) is 2. The van der Waals surface area contributed by atoms with Gasteiger partial charge in [0.15, 0.2) is 5.82 Å². The lowest BCUT2D eigenvalue weighted by atomic mass is 9.86. The van der Waals surface area contributed by atoms with Gasteiger partial charge in [-0.1, -0.05) is 13.8 Å². The lowest BCUT2D eigenvalue weighted by Crippen LogP contribution is -2.46. The highest BCUT2D eigenvalue weighted by Gasteiger charge is 2.43. The van der Waals surface area contributed by atoms with Crippen LogP contribution in [0.3, 0.4) is 0 Å². The molecule has 2 unspecified atom stereocenters. The quantitative estimate of drug-likeness (QED) is 0.656. The van der Waals surface area contributed by atoms with Crippen LogP contribution in [-0.2, 0) is 15.7 Å².